The Kier molecular flexibility index (Phi) is 8.31. The van der Waals surface area contributed by atoms with Gasteiger partial charge in [-0.1, -0.05) is 38.3 Å². The molecule has 0 heterocycles. The first-order valence-corrected chi connectivity index (χ1v) is 7.71. The third-order valence-corrected chi connectivity index (χ3v) is 3.48. The number of aliphatic hydroxyl groups excluding tert-OH is 2. The smallest absolute Gasteiger partial charge is 0.119 e. The Morgan fingerprint density at radius 3 is 2.35 bits per heavy atom. The molecule has 0 amide bonds. The first kappa shape index (κ1) is 17.0. The van der Waals surface area contributed by atoms with Crippen LogP contribution < -0.4 is 4.74 Å². The lowest BCUT2D eigenvalue weighted by Crippen LogP contribution is -2.22. The Labute approximate surface area is 122 Å². The molecule has 2 atom stereocenters. The van der Waals surface area contributed by atoms with E-state index in [1.165, 1.54) is 19.3 Å². The highest BCUT2D eigenvalue weighted by Gasteiger charge is 2.10. The van der Waals surface area contributed by atoms with Crippen molar-refractivity contribution in [2.45, 2.75) is 64.6 Å². The van der Waals surface area contributed by atoms with E-state index in [2.05, 4.69) is 6.92 Å². The van der Waals surface area contributed by atoms with Gasteiger partial charge in [-0.15, -0.1) is 0 Å². The van der Waals surface area contributed by atoms with Gasteiger partial charge in [0.25, 0.3) is 0 Å². The van der Waals surface area contributed by atoms with Crippen LogP contribution in [0, 0.1) is 0 Å². The molecular weight excluding hydrogens is 252 g/mol. The predicted octanol–water partition coefficient (Wildman–Crippen LogP) is 3.32. The van der Waals surface area contributed by atoms with E-state index in [0.717, 1.165) is 30.8 Å². The SMILES string of the molecule is CCCCCCOc1ccc(CCC(O)C(C)O)cc1. The Morgan fingerprint density at radius 2 is 1.75 bits per heavy atom. The molecule has 0 fully saturated rings. The van der Waals surface area contributed by atoms with Gasteiger partial charge >= 0.3 is 0 Å². The van der Waals surface area contributed by atoms with E-state index >= 15 is 0 Å². The van der Waals surface area contributed by atoms with E-state index < -0.39 is 12.2 Å². The number of ether oxygens (including phenoxy) is 1. The average Bonchev–Trinajstić information content (AvgIpc) is 2.45. The van der Waals surface area contributed by atoms with Crippen molar-refractivity contribution in [3.63, 3.8) is 0 Å². The minimum atomic E-state index is -0.666. The number of rotatable bonds is 10. The largest absolute Gasteiger partial charge is 0.494 e. The summed E-state index contributed by atoms with van der Waals surface area (Å²) in [6, 6.07) is 8.00. The second-order valence-corrected chi connectivity index (χ2v) is 5.40. The first-order chi connectivity index (χ1) is 9.63. The lowest BCUT2D eigenvalue weighted by molar-refractivity contribution is 0.0265. The number of aryl methyl sites for hydroxylation is 1. The molecule has 0 spiro atoms. The van der Waals surface area contributed by atoms with Gasteiger partial charge in [0.05, 0.1) is 18.8 Å². The molecule has 114 valence electrons. The Hall–Kier alpha value is -1.06. The molecule has 0 aliphatic heterocycles. The third kappa shape index (κ3) is 6.92. The molecule has 0 aliphatic carbocycles. The molecule has 2 unspecified atom stereocenters. The highest BCUT2D eigenvalue weighted by Crippen LogP contribution is 2.15. The maximum Gasteiger partial charge on any atom is 0.119 e. The van der Waals surface area contributed by atoms with Crippen molar-refractivity contribution in [2.75, 3.05) is 6.61 Å². The van der Waals surface area contributed by atoms with Crippen LogP contribution in [0.5, 0.6) is 5.75 Å². The summed E-state index contributed by atoms with van der Waals surface area (Å²) in [5, 5.41) is 18.8. The van der Waals surface area contributed by atoms with Crippen LogP contribution >= 0.6 is 0 Å². The average molecular weight is 280 g/mol. The highest BCUT2D eigenvalue weighted by atomic mass is 16.5. The summed E-state index contributed by atoms with van der Waals surface area (Å²) in [6.45, 7) is 4.59. The molecule has 3 nitrogen and oxygen atoms in total. The van der Waals surface area contributed by atoms with Crippen LogP contribution in [-0.2, 0) is 6.42 Å². The summed E-state index contributed by atoms with van der Waals surface area (Å²) in [4.78, 5) is 0. The molecule has 0 radical (unpaired) electrons. The lowest BCUT2D eigenvalue weighted by Gasteiger charge is -2.13. The summed E-state index contributed by atoms with van der Waals surface area (Å²) >= 11 is 0. The van der Waals surface area contributed by atoms with Gasteiger partial charge in [0.2, 0.25) is 0 Å². The van der Waals surface area contributed by atoms with Gasteiger partial charge < -0.3 is 14.9 Å². The number of hydrogen-bond acceptors (Lipinski definition) is 3. The molecule has 20 heavy (non-hydrogen) atoms. The first-order valence-electron chi connectivity index (χ1n) is 7.71. The zero-order valence-electron chi connectivity index (χ0n) is 12.7. The molecule has 0 saturated heterocycles. The van der Waals surface area contributed by atoms with Crippen LogP contribution in [0.4, 0.5) is 0 Å². The summed E-state index contributed by atoms with van der Waals surface area (Å²) in [7, 11) is 0. The summed E-state index contributed by atoms with van der Waals surface area (Å²) in [5.74, 6) is 0.904. The van der Waals surface area contributed by atoms with Gasteiger partial charge in [0, 0.05) is 0 Å². The topological polar surface area (TPSA) is 49.7 Å². The van der Waals surface area contributed by atoms with E-state index in [-0.39, 0.29) is 0 Å². The van der Waals surface area contributed by atoms with Gasteiger partial charge in [0.1, 0.15) is 5.75 Å². The van der Waals surface area contributed by atoms with Crippen molar-refractivity contribution in [1.29, 1.82) is 0 Å². The van der Waals surface area contributed by atoms with E-state index in [0.29, 0.717) is 6.42 Å². The summed E-state index contributed by atoms with van der Waals surface area (Å²) in [6.07, 6.45) is 4.88. The molecule has 0 saturated carbocycles. The van der Waals surface area contributed by atoms with E-state index in [1.54, 1.807) is 6.92 Å². The Morgan fingerprint density at radius 1 is 1.05 bits per heavy atom. The molecule has 0 aliphatic rings. The van der Waals surface area contributed by atoms with Gasteiger partial charge in [0.15, 0.2) is 0 Å². The predicted molar refractivity (Wildman–Crippen MR) is 82.1 cm³/mol. The molecule has 0 bridgehead atoms. The molecular formula is C17H28O3. The second-order valence-electron chi connectivity index (χ2n) is 5.40. The van der Waals surface area contributed by atoms with E-state index in [4.69, 9.17) is 4.74 Å². The highest BCUT2D eigenvalue weighted by molar-refractivity contribution is 5.27. The van der Waals surface area contributed by atoms with E-state index in [1.807, 2.05) is 24.3 Å². The second kappa shape index (κ2) is 9.78. The number of hydrogen-bond donors (Lipinski definition) is 2. The van der Waals surface area contributed by atoms with Crippen molar-refractivity contribution < 1.29 is 14.9 Å². The fraction of sp³-hybridized carbons (Fsp3) is 0.647. The van der Waals surface area contributed by atoms with Crippen molar-refractivity contribution in [3.05, 3.63) is 29.8 Å². The molecule has 1 aromatic carbocycles. The van der Waals surface area contributed by atoms with E-state index in [9.17, 15) is 10.2 Å². The van der Waals surface area contributed by atoms with Crippen LogP contribution in [0.25, 0.3) is 0 Å². The minimum absolute atomic E-state index is 0.578. The molecule has 3 heteroatoms. The molecule has 0 aromatic heterocycles. The van der Waals surface area contributed by atoms with Crippen LogP contribution in [0.3, 0.4) is 0 Å². The monoisotopic (exact) mass is 280 g/mol. The van der Waals surface area contributed by atoms with Crippen molar-refractivity contribution in [3.8, 4) is 5.75 Å². The van der Waals surface area contributed by atoms with Crippen molar-refractivity contribution in [1.82, 2.24) is 0 Å². The quantitative estimate of drug-likeness (QED) is 0.646. The number of unbranched alkanes of at least 4 members (excludes halogenated alkanes) is 3. The Bertz CT molecular complexity index is 346. The summed E-state index contributed by atoms with van der Waals surface area (Å²) in [5.41, 5.74) is 1.16. The lowest BCUT2D eigenvalue weighted by atomic mass is 10.0. The summed E-state index contributed by atoms with van der Waals surface area (Å²) < 4.78 is 5.68. The van der Waals surface area contributed by atoms with Gasteiger partial charge in [-0.3, -0.25) is 0 Å². The van der Waals surface area contributed by atoms with Gasteiger partial charge in [-0.05, 0) is 43.9 Å². The number of benzene rings is 1. The van der Waals surface area contributed by atoms with Crippen LogP contribution in [0.1, 0.15) is 51.5 Å². The van der Waals surface area contributed by atoms with Crippen LogP contribution in [0.15, 0.2) is 24.3 Å². The zero-order chi connectivity index (χ0) is 14.8. The Balaban J connectivity index is 2.26. The van der Waals surface area contributed by atoms with Crippen molar-refractivity contribution in [2.24, 2.45) is 0 Å². The molecule has 2 N–H and O–H groups in total. The minimum Gasteiger partial charge on any atom is -0.494 e. The van der Waals surface area contributed by atoms with Crippen LogP contribution in [0.2, 0.25) is 0 Å². The van der Waals surface area contributed by atoms with Gasteiger partial charge in [-0.2, -0.15) is 0 Å². The molecule has 1 rings (SSSR count). The van der Waals surface area contributed by atoms with Gasteiger partial charge in [-0.25, -0.2) is 0 Å². The zero-order valence-corrected chi connectivity index (χ0v) is 12.7. The van der Waals surface area contributed by atoms with Crippen LogP contribution in [-0.4, -0.2) is 29.0 Å². The normalized spacial score (nSPS) is 14.0. The number of aliphatic hydroxyl groups is 2. The fourth-order valence-corrected chi connectivity index (χ4v) is 2.03. The molecule has 1 aromatic rings. The maximum absolute atomic E-state index is 9.55. The van der Waals surface area contributed by atoms with Crippen molar-refractivity contribution >= 4 is 0 Å². The standard InChI is InChI=1S/C17H28O3/c1-3-4-5-6-13-20-16-10-7-15(8-11-16)9-12-17(19)14(2)18/h7-8,10-11,14,17-19H,3-6,9,12-13H2,1-2H3. The maximum atomic E-state index is 9.55. The third-order valence-electron chi connectivity index (χ3n) is 3.48. The fourth-order valence-electron chi connectivity index (χ4n) is 2.03.